The molecule has 0 fully saturated rings. The van der Waals surface area contributed by atoms with Crippen molar-refractivity contribution in [2.45, 2.75) is 45.4 Å². The average molecular weight is 286 g/mol. The van der Waals surface area contributed by atoms with Gasteiger partial charge in [0.05, 0.1) is 6.16 Å². The van der Waals surface area contributed by atoms with E-state index >= 15 is 0 Å². The molecule has 106 valence electrons. The van der Waals surface area contributed by atoms with Gasteiger partial charge in [-0.25, -0.2) is 8.42 Å². The fourth-order valence-corrected chi connectivity index (χ4v) is 2.54. The number of unbranched alkanes of at least 4 members (excludes halogenated alkanes) is 5. The quantitative estimate of drug-likeness (QED) is 0.337. The van der Waals surface area contributed by atoms with Gasteiger partial charge in [-0.1, -0.05) is 32.6 Å². The number of hydrogen-bond donors (Lipinski definition) is 1. The monoisotopic (exact) mass is 286 g/mol. The lowest BCUT2D eigenvalue weighted by Crippen LogP contribution is -1.92. The van der Waals surface area contributed by atoms with Gasteiger partial charge in [-0.3, -0.25) is 4.55 Å². The summed E-state index contributed by atoms with van der Waals surface area (Å²) in [4.78, 5) is 0. The summed E-state index contributed by atoms with van der Waals surface area (Å²) in [6.45, 7) is 9.61. The van der Waals surface area contributed by atoms with Crippen molar-refractivity contribution in [2.75, 3.05) is 26.2 Å². The first-order valence-corrected chi connectivity index (χ1v) is 10.7. The molecule has 0 rings (SSSR count). The van der Waals surface area contributed by atoms with Crippen LogP contribution in [0.15, 0.2) is 0 Å². The maximum atomic E-state index is 8.63. The zero-order valence-electron chi connectivity index (χ0n) is 11.5. The predicted molar refractivity (Wildman–Crippen MR) is 75.3 cm³/mol. The van der Waals surface area contributed by atoms with Gasteiger partial charge < -0.3 is 4.55 Å². The molecule has 4 nitrogen and oxygen atoms in total. The van der Waals surface area contributed by atoms with Gasteiger partial charge in [0.1, 0.15) is 0 Å². The Bertz CT molecular complexity index is 249. The largest absolute Gasteiger partial charge is 0.726 e. The third-order valence-corrected chi connectivity index (χ3v) is 3.84. The first-order chi connectivity index (χ1) is 7.56. The molecule has 0 aliphatic carbocycles. The molecule has 0 bridgehead atoms. The Balaban J connectivity index is 0. The summed E-state index contributed by atoms with van der Waals surface area (Å²) in [6.07, 6.45) is 10.2. The van der Waals surface area contributed by atoms with E-state index in [0.29, 0.717) is 0 Å². The van der Waals surface area contributed by atoms with Crippen LogP contribution in [0.5, 0.6) is 0 Å². The molecule has 6 heteroatoms. The van der Waals surface area contributed by atoms with Crippen LogP contribution in [-0.4, -0.2) is 43.7 Å². The molecule has 0 aliphatic rings. The molecular formula is C11H27O4PS. The van der Waals surface area contributed by atoms with E-state index in [9.17, 15) is 0 Å². The lowest BCUT2D eigenvalue weighted by molar-refractivity contribution is 0.366. The SMILES string of the molecule is CCCCCCCC[P+](C)(C)C.O=S(=O)([O-])O. The summed E-state index contributed by atoms with van der Waals surface area (Å²) in [7, 11) is -5.39. The summed E-state index contributed by atoms with van der Waals surface area (Å²) in [6, 6.07) is 0. The molecule has 0 radical (unpaired) electrons. The third-order valence-electron chi connectivity index (χ3n) is 2.18. The molecule has 0 aliphatic heterocycles. The first-order valence-electron chi connectivity index (χ1n) is 6.05. The van der Waals surface area contributed by atoms with Crippen molar-refractivity contribution in [2.24, 2.45) is 0 Å². The smallest absolute Gasteiger partial charge is 0.215 e. The topological polar surface area (TPSA) is 77.4 Å². The van der Waals surface area contributed by atoms with Gasteiger partial charge in [0.2, 0.25) is 10.4 Å². The molecule has 0 aromatic heterocycles. The highest BCUT2D eigenvalue weighted by Gasteiger charge is 2.15. The van der Waals surface area contributed by atoms with Crippen molar-refractivity contribution >= 4 is 17.7 Å². The molecule has 17 heavy (non-hydrogen) atoms. The second-order valence-corrected chi connectivity index (χ2v) is 11.1. The van der Waals surface area contributed by atoms with Crippen molar-refractivity contribution in [1.29, 1.82) is 0 Å². The highest BCUT2D eigenvalue weighted by atomic mass is 32.3. The summed E-state index contributed by atoms with van der Waals surface area (Å²) >= 11 is 0. The molecule has 0 amide bonds. The number of rotatable bonds is 7. The van der Waals surface area contributed by atoms with Crippen molar-refractivity contribution < 1.29 is 17.5 Å². The Morgan fingerprint density at radius 3 is 1.71 bits per heavy atom. The Labute approximate surface area is 107 Å². The van der Waals surface area contributed by atoms with E-state index in [1.165, 1.54) is 44.7 Å². The highest BCUT2D eigenvalue weighted by Crippen LogP contribution is 2.47. The normalized spacial score (nSPS) is 11.9. The summed E-state index contributed by atoms with van der Waals surface area (Å²) in [5.41, 5.74) is 0. The molecule has 0 heterocycles. The molecule has 0 unspecified atom stereocenters. The van der Waals surface area contributed by atoms with Crippen LogP contribution in [0.1, 0.15) is 45.4 Å². The number of hydrogen-bond acceptors (Lipinski definition) is 3. The van der Waals surface area contributed by atoms with Gasteiger partial charge in [0.15, 0.2) is 0 Å². The first kappa shape index (κ1) is 19.6. The Morgan fingerprint density at radius 2 is 1.35 bits per heavy atom. The summed E-state index contributed by atoms with van der Waals surface area (Å²) < 4.78 is 32.8. The maximum absolute atomic E-state index is 8.63. The fraction of sp³-hybridized carbons (Fsp3) is 1.00. The van der Waals surface area contributed by atoms with Crippen LogP contribution in [0.3, 0.4) is 0 Å². The Morgan fingerprint density at radius 1 is 1.00 bits per heavy atom. The lowest BCUT2D eigenvalue weighted by Gasteiger charge is -2.10. The van der Waals surface area contributed by atoms with E-state index in [1.54, 1.807) is 0 Å². The van der Waals surface area contributed by atoms with Crippen molar-refractivity contribution in [3.63, 3.8) is 0 Å². The fourth-order valence-electron chi connectivity index (χ4n) is 1.37. The second-order valence-electron chi connectivity index (χ2n) is 5.21. The molecular weight excluding hydrogens is 259 g/mol. The van der Waals surface area contributed by atoms with Gasteiger partial charge in [-0.05, 0) is 12.8 Å². The molecule has 0 atom stereocenters. The van der Waals surface area contributed by atoms with Crippen LogP contribution in [0, 0.1) is 0 Å². The van der Waals surface area contributed by atoms with Crippen LogP contribution in [0.2, 0.25) is 0 Å². The minimum atomic E-state index is -4.92. The Kier molecular flexibility index (Phi) is 11.8. The van der Waals surface area contributed by atoms with Crippen LogP contribution >= 0.6 is 7.26 Å². The average Bonchev–Trinajstić information content (AvgIpc) is 2.06. The molecule has 0 saturated carbocycles. The Hall–Kier alpha value is 0.300. The van der Waals surface area contributed by atoms with Crippen LogP contribution < -0.4 is 0 Å². The van der Waals surface area contributed by atoms with Crippen molar-refractivity contribution in [1.82, 2.24) is 0 Å². The minimum absolute atomic E-state index is 0.471. The zero-order chi connectivity index (χ0) is 13.9. The van der Waals surface area contributed by atoms with Crippen molar-refractivity contribution in [3.8, 4) is 0 Å². The zero-order valence-corrected chi connectivity index (χ0v) is 13.2. The predicted octanol–water partition coefficient (Wildman–Crippen LogP) is 3.26. The minimum Gasteiger partial charge on any atom is -0.726 e. The van der Waals surface area contributed by atoms with Gasteiger partial charge in [-0.15, -0.1) is 0 Å². The second kappa shape index (κ2) is 10.2. The van der Waals surface area contributed by atoms with E-state index in [-0.39, 0.29) is 0 Å². The van der Waals surface area contributed by atoms with E-state index in [0.717, 1.165) is 0 Å². The van der Waals surface area contributed by atoms with Crippen LogP contribution in [0.4, 0.5) is 0 Å². The molecule has 0 aromatic carbocycles. The molecule has 1 N–H and O–H groups in total. The van der Waals surface area contributed by atoms with E-state index in [4.69, 9.17) is 17.5 Å². The highest BCUT2D eigenvalue weighted by molar-refractivity contribution is 7.79. The summed E-state index contributed by atoms with van der Waals surface area (Å²) in [5, 5.41) is 0. The van der Waals surface area contributed by atoms with Gasteiger partial charge in [0, 0.05) is 27.3 Å². The maximum Gasteiger partial charge on any atom is 0.215 e. The van der Waals surface area contributed by atoms with Crippen LogP contribution in [-0.2, 0) is 10.4 Å². The van der Waals surface area contributed by atoms with E-state index < -0.39 is 17.7 Å². The van der Waals surface area contributed by atoms with Gasteiger partial charge >= 0.3 is 0 Å². The van der Waals surface area contributed by atoms with E-state index in [2.05, 4.69) is 26.9 Å². The van der Waals surface area contributed by atoms with Gasteiger partial charge in [0.25, 0.3) is 0 Å². The molecule has 0 aromatic rings. The standard InChI is InChI=1S/C11H26P.H2O4S/c1-5-6-7-8-9-10-11-12(2,3)4;1-5(2,3)4/h5-11H2,1-4H3;(H2,1,2,3,4)/q+1;/p-1. The molecule has 0 spiro atoms. The van der Waals surface area contributed by atoms with Crippen molar-refractivity contribution in [3.05, 3.63) is 0 Å². The summed E-state index contributed by atoms with van der Waals surface area (Å²) in [5.74, 6) is 0. The van der Waals surface area contributed by atoms with Crippen LogP contribution in [0.25, 0.3) is 0 Å². The van der Waals surface area contributed by atoms with E-state index in [1.807, 2.05) is 0 Å². The third kappa shape index (κ3) is 38.5. The molecule has 0 saturated heterocycles. The lowest BCUT2D eigenvalue weighted by atomic mass is 10.1. The van der Waals surface area contributed by atoms with Gasteiger partial charge in [-0.2, -0.15) is 0 Å².